The van der Waals surface area contributed by atoms with Crippen molar-refractivity contribution in [1.82, 2.24) is 15.5 Å². The Morgan fingerprint density at radius 3 is 2.75 bits per heavy atom. The van der Waals surface area contributed by atoms with Gasteiger partial charge in [0.15, 0.2) is 5.96 Å². The average Bonchev–Trinajstić information content (AvgIpc) is 3.25. The minimum atomic E-state index is 0. The molecule has 2 heterocycles. The number of thiophene rings is 1. The molecule has 2 rings (SSSR count). The van der Waals surface area contributed by atoms with Gasteiger partial charge >= 0.3 is 0 Å². The smallest absolute Gasteiger partial charge is 0.191 e. The van der Waals surface area contributed by atoms with Crippen LogP contribution in [0.4, 0.5) is 0 Å². The Hall–Kier alpha value is -0.340. The van der Waals surface area contributed by atoms with Gasteiger partial charge in [0.25, 0.3) is 0 Å². The molecule has 0 radical (unpaired) electrons. The second-order valence-electron chi connectivity index (χ2n) is 6.36. The van der Waals surface area contributed by atoms with E-state index in [9.17, 15) is 0 Å². The molecule has 0 aliphatic carbocycles. The molecule has 1 aromatic rings. The Labute approximate surface area is 168 Å². The molecule has 1 saturated heterocycles. The molecule has 4 nitrogen and oxygen atoms in total. The van der Waals surface area contributed by atoms with Crippen molar-refractivity contribution >= 4 is 41.3 Å². The van der Waals surface area contributed by atoms with E-state index in [-0.39, 0.29) is 24.0 Å². The lowest BCUT2D eigenvalue weighted by Crippen LogP contribution is -2.38. The lowest BCUT2D eigenvalue weighted by Gasteiger charge is -2.15. The third-order valence-corrected chi connectivity index (χ3v) is 5.07. The van der Waals surface area contributed by atoms with Gasteiger partial charge in [0.2, 0.25) is 0 Å². The van der Waals surface area contributed by atoms with E-state index >= 15 is 0 Å². The van der Waals surface area contributed by atoms with Gasteiger partial charge in [-0.1, -0.05) is 6.92 Å². The summed E-state index contributed by atoms with van der Waals surface area (Å²) in [6.45, 7) is 11.0. The number of nitrogens with one attached hydrogen (secondary N) is 2. The molecule has 1 aromatic heterocycles. The number of likely N-dealkylation sites (tertiary alicyclic amines) is 1. The summed E-state index contributed by atoms with van der Waals surface area (Å²) < 4.78 is 0. The van der Waals surface area contributed by atoms with Crippen LogP contribution in [0.3, 0.4) is 0 Å². The number of hydrogen-bond acceptors (Lipinski definition) is 3. The second kappa shape index (κ2) is 12.9. The Kier molecular flexibility index (Phi) is 11.7. The van der Waals surface area contributed by atoms with Crippen LogP contribution in [0.15, 0.2) is 21.8 Å². The van der Waals surface area contributed by atoms with Crippen molar-refractivity contribution < 1.29 is 0 Å². The summed E-state index contributed by atoms with van der Waals surface area (Å²) in [6, 6.07) is 2.20. The normalized spacial score (nSPS) is 16.7. The van der Waals surface area contributed by atoms with Crippen LogP contribution in [0, 0.1) is 0 Å². The number of halogens is 1. The molecule has 1 unspecified atom stereocenters. The minimum absolute atomic E-state index is 0. The maximum absolute atomic E-state index is 4.73. The van der Waals surface area contributed by atoms with Gasteiger partial charge in [-0.3, -0.25) is 4.99 Å². The van der Waals surface area contributed by atoms with Crippen molar-refractivity contribution in [3.8, 4) is 0 Å². The molecule has 6 heteroatoms. The highest BCUT2D eigenvalue weighted by atomic mass is 127. The predicted octanol–water partition coefficient (Wildman–Crippen LogP) is 3.90. The van der Waals surface area contributed by atoms with E-state index in [0.717, 1.165) is 25.6 Å². The number of unbranched alkanes of at least 4 members (excludes halogenated alkanes) is 1. The predicted molar refractivity (Wildman–Crippen MR) is 117 cm³/mol. The van der Waals surface area contributed by atoms with Crippen molar-refractivity contribution in [3.05, 3.63) is 22.4 Å². The fourth-order valence-electron chi connectivity index (χ4n) is 2.90. The molecular weight excluding hydrogens is 431 g/mol. The first kappa shape index (κ1) is 21.7. The molecule has 2 N–H and O–H groups in total. The minimum Gasteiger partial charge on any atom is -0.357 e. The number of guanidine groups is 1. The van der Waals surface area contributed by atoms with Gasteiger partial charge in [0, 0.05) is 25.6 Å². The third kappa shape index (κ3) is 8.16. The van der Waals surface area contributed by atoms with E-state index in [1.807, 2.05) is 0 Å². The molecule has 1 aliphatic rings. The zero-order valence-corrected chi connectivity index (χ0v) is 18.2. The molecule has 1 atom stereocenters. The Morgan fingerprint density at radius 2 is 2.08 bits per heavy atom. The Bertz CT molecular complexity index is 444. The van der Waals surface area contributed by atoms with Crippen molar-refractivity contribution in [2.24, 2.45) is 4.99 Å². The summed E-state index contributed by atoms with van der Waals surface area (Å²) in [5, 5.41) is 11.2. The van der Waals surface area contributed by atoms with Gasteiger partial charge in [-0.05, 0) is 74.6 Å². The lowest BCUT2D eigenvalue weighted by molar-refractivity contribution is 0.330. The van der Waals surface area contributed by atoms with Crippen molar-refractivity contribution in [2.75, 3.05) is 39.3 Å². The molecule has 0 amide bonds. The van der Waals surface area contributed by atoms with Crippen molar-refractivity contribution in [3.63, 3.8) is 0 Å². The van der Waals surface area contributed by atoms with Gasteiger partial charge in [0.05, 0.1) is 0 Å². The number of hydrogen-bond donors (Lipinski definition) is 2. The number of nitrogens with zero attached hydrogens (tertiary/aromatic N) is 2. The van der Waals surface area contributed by atoms with Crippen LogP contribution in [-0.4, -0.2) is 50.1 Å². The molecule has 1 aliphatic heterocycles. The summed E-state index contributed by atoms with van der Waals surface area (Å²) >= 11 is 1.76. The highest BCUT2D eigenvalue weighted by Crippen LogP contribution is 2.18. The molecule has 0 spiro atoms. The van der Waals surface area contributed by atoms with Crippen LogP contribution in [0.5, 0.6) is 0 Å². The zero-order valence-electron chi connectivity index (χ0n) is 15.1. The number of aliphatic imine (C=N–C) groups is 1. The van der Waals surface area contributed by atoms with E-state index in [1.165, 1.54) is 50.9 Å². The van der Waals surface area contributed by atoms with Crippen LogP contribution in [0.25, 0.3) is 0 Å². The van der Waals surface area contributed by atoms with Crippen LogP contribution < -0.4 is 10.6 Å². The highest BCUT2D eigenvalue weighted by Gasteiger charge is 2.10. The van der Waals surface area contributed by atoms with Gasteiger partial charge in [0.1, 0.15) is 0 Å². The maximum atomic E-state index is 4.73. The molecule has 0 bridgehead atoms. The summed E-state index contributed by atoms with van der Waals surface area (Å²) in [4.78, 5) is 7.32. The fraction of sp³-hybridized carbons (Fsp3) is 0.722. The SMILES string of the molecule is CCNC(=NCC(C)c1ccsc1)NCCCCN1CCCC1.I. The molecule has 138 valence electrons. The molecule has 1 fully saturated rings. The van der Waals surface area contributed by atoms with E-state index in [2.05, 4.69) is 46.2 Å². The van der Waals surface area contributed by atoms with E-state index in [1.54, 1.807) is 11.3 Å². The average molecular weight is 464 g/mol. The van der Waals surface area contributed by atoms with E-state index in [0.29, 0.717) is 5.92 Å². The first-order valence-corrected chi connectivity index (χ1v) is 10.0. The molecule has 0 saturated carbocycles. The third-order valence-electron chi connectivity index (χ3n) is 4.37. The summed E-state index contributed by atoms with van der Waals surface area (Å²) in [6.07, 6.45) is 5.26. The summed E-state index contributed by atoms with van der Waals surface area (Å²) in [5.74, 6) is 1.43. The fourth-order valence-corrected chi connectivity index (χ4v) is 3.69. The van der Waals surface area contributed by atoms with Crippen molar-refractivity contribution in [1.29, 1.82) is 0 Å². The second-order valence-corrected chi connectivity index (χ2v) is 7.14. The largest absolute Gasteiger partial charge is 0.357 e. The first-order valence-electron chi connectivity index (χ1n) is 9.06. The van der Waals surface area contributed by atoms with E-state index < -0.39 is 0 Å². The lowest BCUT2D eigenvalue weighted by atomic mass is 10.1. The Balaban J connectivity index is 0.00000288. The van der Waals surface area contributed by atoms with Crippen LogP contribution >= 0.6 is 35.3 Å². The van der Waals surface area contributed by atoms with Crippen molar-refractivity contribution in [2.45, 2.75) is 45.4 Å². The van der Waals surface area contributed by atoms with Crippen LogP contribution in [0.1, 0.15) is 51.0 Å². The van der Waals surface area contributed by atoms with E-state index in [4.69, 9.17) is 4.99 Å². The van der Waals surface area contributed by atoms with Crippen LogP contribution in [0.2, 0.25) is 0 Å². The monoisotopic (exact) mass is 464 g/mol. The summed E-state index contributed by atoms with van der Waals surface area (Å²) in [5.41, 5.74) is 1.39. The standard InChI is InChI=1S/C18H32N4S.HI/c1-3-19-18(21-14-16(2)17-8-13-23-15-17)20-9-4-5-10-22-11-6-7-12-22;/h8,13,15-16H,3-7,9-12,14H2,1-2H3,(H2,19,20,21);1H. The quantitative estimate of drug-likeness (QED) is 0.252. The van der Waals surface area contributed by atoms with Crippen LogP contribution in [-0.2, 0) is 0 Å². The molecular formula is C18H33IN4S. The van der Waals surface area contributed by atoms with Gasteiger partial charge in [-0.2, -0.15) is 11.3 Å². The number of rotatable bonds is 9. The maximum Gasteiger partial charge on any atom is 0.191 e. The Morgan fingerprint density at radius 1 is 1.29 bits per heavy atom. The topological polar surface area (TPSA) is 39.7 Å². The zero-order chi connectivity index (χ0) is 16.3. The summed E-state index contributed by atoms with van der Waals surface area (Å²) in [7, 11) is 0. The first-order chi connectivity index (χ1) is 11.3. The van der Waals surface area contributed by atoms with Gasteiger partial charge < -0.3 is 15.5 Å². The molecule has 24 heavy (non-hydrogen) atoms. The van der Waals surface area contributed by atoms with Gasteiger partial charge in [-0.25, -0.2) is 0 Å². The molecule has 0 aromatic carbocycles. The highest BCUT2D eigenvalue weighted by molar-refractivity contribution is 14.0. The van der Waals surface area contributed by atoms with Gasteiger partial charge in [-0.15, -0.1) is 24.0 Å².